The minimum Gasteiger partial charge on any atom is -0.384 e. The Labute approximate surface area is 95.3 Å². The number of hydrogen-bond donors (Lipinski definition) is 0. The summed E-state index contributed by atoms with van der Waals surface area (Å²) in [5, 5.41) is 0. The smallest absolute Gasteiger partial charge is 0.0500 e. The van der Waals surface area contributed by atoms with E-state index in [2.05, 4.69) is 32.3 Å². The van der Waals surface area contributed by atoms with Crippen LogP contribution >= 0.6 is 0 Å². The predicted octanol–water partition coefficient (Wildman–Crippen LogP) is 2.95. The van der Waals surface area contributed by atoms with Crippen LogP contribution in [0.4, 0.5) is 0 Å². The molecule has 0 saturated heterocycles. The fourth-order valence-corrected chi connectivity index (χ4v) is 1.74. The zero-order valence-corrected chi connectivity index (χ0v) is 10.9. The van der Waals surface area contributed by atoms with Gasteiger partial charge >= 0.3 is 0 Å². The van der Waals surface area contributed by atoms with Crippen LogP contribution < -0.4 is 0 Å². The van der Waals surface area contributed by atoms with Crippen molar-refractivity contribution in [3.63, 3.8) is 0 Å². The molecule has 0 aromatic carbocycles. The lowest BCUT2D eigenvalue weighted by atomic mass is 10.1. The summed E-state index contributed by atoms with van der Waals surface area (Å²) in [6.07, 6.45) is 2.33. The van der Waals surface area contributed by atoms with Gasteiger partial charge in [0.15, 0.2) is 0 Å². The average Bonchev–Trinajstić information content (AvgIpc) is 2.15. The molecular weight excluding hydrogens is 186 g/mol. The first-order chi connectivity index (χ1) is 7.10. The first-order valence-corrected chi connectivity index (χ1v) is 5.95. The highest BCUT2D eigenvalue weighted by molar-refractivity contribution is 4.88. The van der Waals surface area contributed by atoms with Crippen LogP contribution in [0.1, 0.15) is 33.6 Å². The third kappa shape index (κ3) is 8.64. The van der Waals surface area contributed by atoms with Crippen LogP contribution in [0.2, 0.25) is 0 Å². The molecule has 0 aromatic heterocycles. The summed E-state index contributed by atoms with van der Waals surface area (Å²) in [5.41, 5.74) is 1.27. The van der Waals surface area contributed by atoms with E-state index >= 15 is 0 Å². The molecule has 0 N–H and O–H groups in total. The van der Waals surface area contributed by atoms with Crippen molar-refractivity contribution in [1.29, 1.82) is 0 Å². The quantitative estimate of drug-likeness (QED) is 0.546. The molecular formula is C13H27NO. The maximum atomic E-state index is 5.16. The monoisotopic (exact) mass is 213 g/mol. The molecule has 15 heavy (non-hydrogen) atoms. The molecule has 0 aliphatic heterocycles. The highest BCUT2D eigenvalue weighted by Gasteiger charge is 2.09. The van der Waals surface area contributed by atoms with Gasteiger partial charge in [0.25, 0.3) is 0 Å². The molecule has 0 saturated carbocycles. The van der Waals surface area contributed by atoms with Crippen LogP contribution in [0.15, 0.2) is 12.2 Å². The fraction of sp³-hybridized carbons (Fsp3) is 0.846. The Morgan fingerprint density at radius 2 is 2.07 bits per heavy atom. The highest BCUT2D eigenvalue weighted by atomic mass is 16.5. The number of nitrogens with zero attached hydrogens (tertiary/aromatic N) is 1. The summed E-state index contributed by atoms with van der Waals surface area (Å²) in [7, 11) is 1.77. The molecule has 2 nitrogen and oxygen atoms in total. The van der Waals surface area contributed by atoms with Crippen LogP contribution in [0.25, 0.3) is 0 Å². The van der Waals surface area contributed by atoms with E-state index in [4.69, 9.17) is 4.74 Å². The summed E-state index contributed by atoms with van der Waals surface area (Å²) < 4.78 is 5.16. The third-order valence-electron chi connectivity index (χ3n) is 2.42. The van der Waals surface area contributed by atoms with Gasteiger partial charge in [0, 0.05) is 26.8 Å². The lowest BCUT2D eigenvalue weighted by Crippen LogP contribution is -2.32. The van der Waals surface area contributed by atoms with E-state index in [1.54, 1.807) is 7.11 Å². The van der Waals surface area contributed by atoms with Crippen LogP contribution in [0.3, 0.4) is 0 Å². The maximum absolute atomic E-state index is 5.16. The Kier molecular flexibility index (Phi) is 8.73. The van der Waals surface area contributed by atoms with Gasteiger partial charge in [-0.3, -0.25) is 0 Å². The minimum absolute atomic E-state index is 0.617. The van der Waals surface area contributed by atoms with Gasteiger partial charge in [-0.1, -0.05) is 19.4 Å². The second-order valence-electron chi connectivity index (χ2n) is 4.57. The van der Waals surface area contributed by atoms with Crippen molar-refractivity contribution in [3.05, 3.63) is 12.2 Å². The SMILES string of the molecule is C=C(C)CCN(CCC)CC(C)COC. The average molecular weight is 213 g/mol. The highest BCUT2D eigenvalue weighted by Crippen LogP contribution is 2.05. The zero-order chi connectivity index (χ0) is 11.7. The van der Waals surface area contributed by atoms with Crippen molar-refractivity contribution in [2.24, 2.45) is 5.92 Å². The summed E-state index contributed by atoms with van der Waals surface area (Å²) in [6, 6.07) is 0. The molecule has 0 bridgehead atoms. The molecule has 0 spiro atoms. The van der Waals surface area contributed by atoms with Crippen molar-refractivity contribution >= 4 is 0 Å². The number of methoxy groups -OCH3 is 1. The molecule has 90 valence electrons. The summed E-state index contributed by atoms with van der Waals surface area (Å²) >= 11 is 0. The molecule has 0 aliphatic carbocycles. The summed E-state index contributed by atoms with van der Waals surface area (Å²) in [5.74, 6) is 0.617. The van der Waals surface area contributed by atoms with Gasteiger partial charge in [0.05, 0.1) is 0 Å². The molecule has 0 fully saturated rings. The Morgan fingerprint density at radius 3 is 2.53 bits per heavy atom. The Balaban J connectivity index is 3.85. The lowest BCUT2D eigenvalue weighted by Gasteiger charge is -2.25. The van der Waals surface area contributed by atoms with Gasteiger partial charge in [0.2, 0.25) is 0 Å². The molecule has 0 amide bonds. The Morgan fingerprint density at radius 1 is 1.40 bits per heavy atom. The first kappa shape index (κ1) is 14.7. The molecule has 1 atom stereocenters. The van der Waals surface area contributed by atoms with Crippen molar-refractivity contribution in [2.75, 3.05) is 33.4 Å². The molecule has 0 aromatic rings. The van der Waals surface area contributed by atoms with Gasteiger partial charge in [-0.05, 0) is 32.2 Å². The topological polar surface area (TPSA) is 12.5 Å². The molecule has 0 radical (unpaired) electrons. The minimum atomic E-state index is 0.617. The number of ether oxygens (including phenoxy) is 1. The Hall–Kier alpha value is -0.340. The second-order valence-corrected chi connectivity index (χ2v) is 4.57. The maximum Gasteiger partial charge on any atom is 0.0500 e. The van der Waals surface area contributed by atoms with Gasteiger partial charge in [-0.2, -0.15) is 0 Å². The molecule has 0 heterocycles. The zero-order valence-electron chi connectivity index (χ0n) is 10.9. The van der Waals surface area contributed by atoms with E-state index in [-0.39, 0.29) is 0 Å². The fourth-order valence-electron chi connectivity index (χ4n) is 1.74. The van der Waals surface area contributed by atoms with Crippen molar-refractivity contribution in [3.8, 4) is 0 Å². The predicted molar refractivity (Wildman–Crippen MR) is 67.2 cm³/mol. The molecule has 0 rings (SSSR count). The molecule has 0 aliphatic rings. The van der Waals surface area contributed by atoms with Gasteiger partial charge in [0.1, 0.15) is 0 Å². The van der Waals surface area contributed by atoms with Crippen molar-refractivity contribution in [2.45, 2.75) is 33.6 Å². The largest absolute Gasteiger partial charge is 0.384 e. The van der Waals surface area contributed by atoms with Crippen LogP contribution in [0.5, 0.6) is 0 Å². The Bertz CT molecular complexity index is 168. The first-order valence-electron chi connectivity index (χ1n) is 5.95. The summed E-state index contributed by atoms with van der Waals surface area (Å²) in [4.78, 5) is 2.51. The van der Waals surface area contributed by atoms with Crippen molar-refractivity contribution < 1.29 is 4.74 Å². The van der Waals surface area contributed by atoms with E-state index in [1.807, 2.05) is 0 Å². The van der Waals surface area contributed by atoms with Gasteiger partial charge in [-0.15, -0.1) is 6.58 Å². The van der Waals surface area contributed by atoms with E-state index in [0.717, 1.165) is 26.1 Å². The second kappa shape index (κ2) is 8.93. The third-order valence-corrected chi connectivity index (χ3v) is 2.42. The van der Waals surface area contributed by atoms with E-state index in [0.29, 0.717) is 5.92 Å². The van der Waals surface area contributed by atoms with Crippen molar-refractivity contribution in [1.82, 2.24) is 4.90 Å². The summed E-state index contributed by atoms with van der Waals surface area (Å²) in [6.45, 7) is 14.8. The molecule has 1 unspecified atom stereocenters. The molecule has 2 heteroatoms. The van der Waals surface area contributed by atoms with E-state index < -0.39 is 0 Å². The van der Waals surface area contributed by atoms with E-state index in [9.17, 15) is 0 Å². The van der Waals surface area contributed by atoms with Crippen LogP contribution in [0, 0.1) is 5.92 Å². The van der Waals surface area contributed by atoms with Gasteiger partial charge in [-0.25, -0.2) is 0 Å². The number of hydrogen-bond acceptors (Lipinski definition) is 2. The number of rotatable bonds is 9. The normalized spacial score (nSPS) is 13.1. The lowest BCUT2D eigenvalue weighted by molar-refractivity contribution is 0.129. The van der Waals surface area contributed by atoms with Crippen LogP contribution in [-0.4, -0.2) is 38.3 Å². The van der Waals surface area contributed by atoms with Crippen LogP contribution in [-0.2, 0) is 4.74 Å². The van der Waals surface area contributed by atoms with E-state index in [1.165, 1.54) is 18.5 Å². The van der Waals surface area contributed by atoms with Gasteiger partial charge < -0.3 is 9.64 Å². The standard InChI is InChI=1S/C13H27NO/c1-6-8-14(9-7-12(2)3)10-13(4)11-15-5/h13H,2,6-11H2,1,3-5H3.